The number of carbonyl (C=O) groups excluding carboxylic acids is 2. The van der Waals surface area contributed by atoms with E-state index in [2.05, 4.69) is 29.3 Å². The number of nitrogens with zero attached hydrogens (tertiary/aromatic N) is 4. The van der Waals surface area contributed by atoms with Gasteiger partial charge in [-0.3, -0.25) is 9.59 Å². The van der Waals surface area contributed by atoms with Crippen LogP contribution in [0.2, 0.25) is 0 Å². The molecule has 2 N–H and O–H groups in total. The Bertz CT molecular complexity index is 945. The molecule has 0 aliphatic carbocycles. The van der Waals surface area contributed by atoms with E-state index >= 15 is 0 Å². The molecule has 7 heteroatoms. The molecule has 0 fully saturated rings. The fourth-order valence-corrected chi connectivity index (χ4v) is 2.66. The van der Waals surface area contributed by atoms with Gasteiger partial charge in [0.15, 0.2) is 5.78 Å². The first kappa shape index (κ1) is 18.4. The lowest BCUT2D eigenvalue weighted by Gasteiger charge is -2.09. The number of tetrazole rings is 1. The van der Waals surface area contributed by atoms with Gasteiger partial charge in [-0.05, 0) is 35.2 Å². The number of hydrogen-bond acceptors (Lipinski definition) is 5. The van der Waals surface area contributed by atoms with Crippen LogP contribution in [0, 0.1) is 0 Å². The lowest BCUT2D eigenvalue weighted by molar-refractivity contribution is 0.0959. The highest BCUT2D eigenvalue weighted by Crippen LogP contribution is 2.19. The normalized spacial score (nSPS) is 11.9. The van der Waals surface area contributed by atoms with Crippen molar-refractivity contribution in [1.82, 2.24) is 20.2 Å². The van der Waals surface area contributed by atoms with Gasteiger partial charge in [-0.15, -0.1) is 10.2 Å². The SMILES string of the molecule is CC[C@H](C)c1ccc(C(=O)Cn2nnc(-c3ccc(C(N)=O)cc3)n2)cc1. The monoisotopic (exact) mass is 363 g/mol. The Hall–Kier alpha value is -3.35. The molecule has 0 aliphatic heterocycles. The lowest BCUT2D eigenvalue weighted by Crippen LogP contribution is -2.13. The summed E-state index contributed by atoms with van der Waals surface area (Å²) < 4.78 is 0. The molecule has 0 spiro atoms. The molecule has 0 radical (unpaired) electrons. The van der Waals surface area contributed by atoms with E-state index in [-0.39, 0.29) is 12.3 Å². The number of hydrogen-bond donors (Lipinski definition) is 1. The first-order valence-electron chi connectivity index (χ1n) is 8.79. The van der Waals surface area contributed by atoms with Gasteiger partial charge in [0.2, 0.25) is 11.7 Å². The summed E-state index contributed by atoms with van der Waals surface area (Å²) in [5, 5.41) is 12.1. The third-order valence-electron chi connectivity index (χ3n) is 4.58. The van der Waals surface area contributed by atoms with Gasteiger partial charge < -0.3 is 5.73 Å². The molecule has 2 aromatic carbocycles. The summed E-state index contributed by atoms with van der Waals surface area (Å²) >= 11 is 0. The molecule has 27 heavy (non-hydrogen) atoms. The highest BCUT2D eigenvalue weighted by molar-refractivity contribution is 5.95. The quantitative estimate of drug-likeness (QED) is 0.650. The molecular formula is C20H21N5O2. The van der Waals surface area contributed by atoms with Gasteiger partial charge in [-0.1, -0.05) is 50.2 Å². The number of carbonyl (C=O) groups is 2. The largest absolute Gasteiger partial charge is 0.366 e. The zero-order chi connectivity index (χ0) is 19.4. The summed E-state index contributed by atoms with van der Waals surface area (Å²) in [5.74, 6) is 0.266. The summed E-state index contributed by atoms with van der Waals surface area (Å²) in [6.07, 6.45) is 1.05. The van der Waals surface area contributed by atoms with Gasteiger partial charge in [0.1, 0.15) is 6.54 Å². The second-order valence-electron chi connectivity index (χ2n) is 6.44. The molecule has 0 saturated carbocycles. The number of benzene rings is 2. The summed E-state index contributed by atoms with van der Waals surface area (Å²) in [6.45, 7) is 4.31. The number of Topliss-reactive ketones (excluding diaryl/α,β-unsaturated/α-hetero) is 1. The molecule has 3 rings (SSSR count). The van der Waals surface area contributed by atoms with Crippen LogP contribution in [0.1, 0.15) is 52.5 Å². The highest BCUT2D eigenvalue weighted by atomic mass is 16.1. The second kappa shape index (κ2) is 7.90. The van der Waals surface area contributed by atoms with Gasteiger partial charge in [0, 0.05) is 16.7 Å². The van der Waals surface area contributed by atoms with Crippen molar-refractivity contribution in [2.45, 2.75) is 32.7 Å². The molecular weight excluding hydrogens is 342 g/mol. The van der Waals surface area contributed by atoms with Crippen LogP contribution < -0.4 is 5.73 Å². The van der Waals surface area contributed by atoms with Gasteiger partial charge in [-0.25, -0.2) is 0 Å². The summed E-state index contributed by atoms with van der Waals surface area (Å²) in [7, 11) is 0. The van der Waals surface area contributed by atoms with Crippen LogP contribution in [0.5, 0.6) is 0 Å². The van der Waals surface area contributed by atoms with Crippen molar-refractivity contribution in [3.8, 4) is 11.4 Å². The third-order valence-corrected chi connectivity index (χ3v) is 4.58. The number of rotatable bonds is 7. The van der Waals surface area contributed by atoms with Crippen LogP contribution in [0.15, 0.2) is 48.5 Å². The van der Waals surface area contributed by atoms with Crippen molar-refractivity contribution < 1.29 is 9.59 Å². The molecule has 138 valence electrons. The lowest BCUT2D eigenvalue weighted by atomic mass is 9.97. The molecule has 1 aromatic heterocycles. The first-order chi connectivity index (χ1) is 13.0. The Morgan fingerprint density at radius 3 is 2.26 bits per heavy atom. The Labute approximate surface area is 157 Å². The van der Waals surface area contributed by atoms with Gasteiger partial charge in [0.25, 0.3) is 0 Å². The Morgan fingerprint density at radius 2 is 1.67 bits per heavy atom. The molecule has 3 aromatic rings. The number of primary amides is 1. The molecule has 1 amide bonds. The standard InChI is InChI=1S/C20H21N5O2/c1-3-13(2)14-4-6-15(7-5-14)18(26)12-25-23-20(22-24-25)17-10-8-16(9-11-17)19(21)27/h4-11,13H,3,12H2,1-2H3,(H2,21,27)/t13-/m0/s1. The smallest absolute Gasteiger partial charge is 0.248 e. The van der Waals surface area contributed by atoms with Crippen LogP contribution in [0.25, 0.3) is 11.4 Å². The minimum absolute atomic E-state index is 0.00898. The predicted octanol–water partition coefficient (Wildman–Crippen LogP) is 2.84. The number of nitrogens with two attached hydrogens (primary N) is 1. The topological polar surface area (TPSA) is 104 Å². The van der Waals surface area contributed by atoms with E-state index in [9.17, 15) is 9.59 Å². The Balaban J connectivity index is 1.69. The highest BCUT2D eigenvalue weighted by Gasteiger charge is 2.12. The van der Waals surface area contributed by atoms with Crippen molar-refractivity contribution in [2.24, 2.45) is 5.73 Å². The summed E-state index contributed by atoms with van der Waals surface area (Å²) in [4.78, 5) is 24.8. The van der Waals surface area contributed by atoms with E-state index in [0.29, 0.717) is 28.4 Å². The van der Waals surface area contributed by atoms with Crippen LogP contribution in [0.3, 0.4) is 0 Å². The van der Waals surface area contributed by atoms with Crippen molar-refractivity contribution in [3.05, 3.63) is 65.2 Å². The Morgan fingerprint density at radius 1 is 1.04 bits per heavy atom. The van der Waals surface area contributed by atoms with E-state index in [1.165, 1.54) is 10.4 Å². The molecule has 0 aliphatic rings. The molecule has 7 nitrogen and oxygen atoms in total. The van der Waals surface area contributed by atoms with E-state index in [0.717, 1.165) is 6.42 Å². The molecule has 1 atom stereocenters. The maximum absolute atomic E-state index is 12.5. The van der Waals surface area contributed by atoms with Gasteiger partial charge in [0.05, 0.1) is 0 Å². The van der Waals surface area contributed by atoms with E-state index in [1.54, 1.807) is 24.3 Å². The predicted molar refractivity (Wildman–Crippen MR) is 101 cm³/mol. The first-order valence-corrected chi connectivity index (χ1v) is 8.79. The number of aromatic nitrogens is 4. The average molecular weight is 363 g/mol. The minimum atomic E-state index is -0.497. The van der Waals surface area contributed by atoms with Crippen LogP contribution in [-0.4, -0.2) is 31.9 Å². The van der Waals surface area contributed by atoms with E-state index in [1.807, 2.05) is 24.3 Å². The van der Waals surface area contributed by atoms with Gasteiger partial charge >= 0.3 is 0 Å². The molecule has 0 unspecified atom stereocenters. The number of amides is 1. The Kier molecular flexibility index (Phi) is 5.40. The number of ketones is 1. The molecule has 0 bridgehead atoms. The van der Waals surface area contributed by atoms with E-state index in [4.69, 9.17) is 5.73 Å². The maximum Gasteiger partial charge on any atom is 0.248 e. The second-order valence-corrected chi connectivity index (χ2v) is 6.44. The summed E-state index contributed by atoms with van der Waals surface area (Å²) in [6, 6.07) is 14.2. The fraction of sp³-hybridized carbons (Fsp3) is 0.250. The molecule has 0 saturated heterocycles. The van der Waals surface area contributed by atoms with Crippen molar-refractivity contribution >= 4 is 11.7 Å². The minimum Gasteiger partial charge on any atom is -0.366 e. The zero-order valence-corrected chi connectivity index (χ0v) is 15.3. The van der Waals surface area contributed by atoms with Crippen molar-refractivity contribution in [3.63, 3.8) is 0 Å². The maximum atomic E-state index is 12.5. The van der Waals surface area contributed by atoms with Gasteiger partial charge in [-0.2, -0.15) is 4.80 Å². The zero-order valence-electron chi connectivity index (χ0n) is 15.3. The fourth-order valence-electron chi connectivity index (χ4n) is 2.66. The van der Waals surface area contributed by atoms with E-state index < -0.39 is 5.91 Å². The van der Waals surface area contributed by atoms with Crippen LogP contribution in [-0.2, 0) is 6.54 Å². The van der Waals surface area contributed by atoms with Crippen molar-refractivity contribution in [1.29, 1.82) is 0 Å². The van der Waals surface area contributed by atoms with Crippen LogP contribution >= 0.6 is 0 Å². The van der Waals surface area contributed by atoms with Crippen molar-refractivity contribution in [2.75, 3.05) is 0 Å². The molecule has 1 heterocycles. The summed E-state index contributed by atoms with van der Waals surface area (Å²) in [5.41, 5.74) is 8.16. The average Bonchev–Trinajstić information content (AvgIpc) is 3.16. The van der Waals surface area contributed by atoms with Crippen LogP contribution in [0.4, 0.5) is 0 Å². The third kappa shape index (κ3) is 4.25.